The van der Waals surface area contributed by atoms with Gasteiger partial charge in [0.25, 0.3) is 0 Å². The van der Waals surface area contributed by atoms with Crippen LogP contribution in [0.5, 0.6) is 0 Å². The van der Waals surface area contributed by atoms with E-state index in [1.165, 1.54) is 0 Å². The maximum atomic E-state index is 11.6. The summed E-state index contributed by atoms with van der Waals surface area (Å²) in [5.74, 6) is -3.71. The minimum Gasteiger partial charge on any atom is -0.481 e. The summed E-state index contributed by atoms with van der Waals surface area (Å²) in [7, 11) is 0. The van der Waals surface area contributed by atoms with Crippen LogP contribution in [0.1, 0.15) is 19.8 Å². The Hall–Kier alpha value is -1.59. The number of rotatable bonds is 4. The zero-order chi connectivity index (χ0) is 12.3. The zero-order valence-electron chi connectivity index (χ0n) is 8.97. The molecule has 0 saturated heterocycles. The van der Waals surface area contributed by atoms with Crippen LogP contribution in [0.2, 0.25) is 0 Å². The molecular weight excluding hydrogens is 214 g/mol. The minimum atomic E-state index is -1.13. The number of carbonyl (C=O) groups is 3. The van der Waals surface area contributed by atoms with Crippen molar-refractivity contribution in [3.8, 4) is 0 Å². The van der Waals surface area contributed by atoms with Crippen molar-refractivity contribution in [2.24, 2.45) is 17.8 Å². The molecule has 0 aromatic heterocycles. The van der Waals surface area contributed by atoms with Gasteiger partial charge in [-0.3, -0.25) is 14.4 Å². The van der Waals surface area contributed by atoms with E-state index < -0.39 is 36.2 Å². The van der Waals surface area contributed by atoms with Gasteiger partial charge in [0.05, 0.1) is 11.8 Å². The number of nitrogens with one attached hydrogen (secondary N) is 1. The lowest BCUT2D eigenvalue weighted by Gasteiger charge is -2.14. The summed E-state index contributed by atoms with van der Waals surface area (Å²) in [5, 5.41) is 19.6. The largest absolute Gasteiger partial charge is 0.481 e. The van der Waals surface area contributed by atoms with E-state index in [0.29, 0.717) is 12.8 Å². The molecule has 90 valence electrons. The first kappa shape index (κ1) is 12.5. The van der Waals surface area contributed by atoms with Gasteiger partial charge in [0.15, 0.2) is 0 Å². The lowest BCUT2D eigenvalue weighted by Crippen LogP contribution is -2.37. The second kappa shape index (κ2) is 4.96. The van der Waals surface area contributed by atoms with E-state index in [0.717, 1.165) is 0 Å². The molecule has 0 heterocycles. The molecule has 0 spiro atoms. The van der Waals surface area contributed by atoms with E-state index in [1.807, 2.05) is 6.92 Å². The van der Waals surface area contributed by atoms with E-state index in [4.69, 9.17) is 10.2 Å². The van der Waals surface area contributed by atoms with Gasteiger partial charge in [0.1, 0.15) is 6.54 Å². The Labute approximate surface area is 92.6 Å². The standard InChI is InChI=1S/C10H15NO5/c1-5-2-6(7(3-5)10(15)16)9(14)11-4-8(12)13/h5-7H,2-4H2,1H3,(H,11,14)(H,12,13)(H,15,16)/t5?,6-,7+/m0/s1. The monoisotopic (exact) mass is 229 g/mol. The van der Waals surface area contributed by atoms with Crippen LogP contribution in [0.3, 0.4) is 0 Å². The molecule has 1 amide bonds. The third-order valence-corrected chi connectivity index (χ3v) is 2.87. The van der Waals surface area contributed by atoms with Gasteiger partial charge in [-0.15, -0.1) is 0 Å². The summed E-state index contributed by atoms with van der Waals surface area (Å²) >= 11 is 0. The van der Waals surface area contributed by atoms with Gasteiger partial charge in [-0.1, -0.05) is 6.92 Å². The van der Waals surface area contributed by atoms with Crippen molar-refractivity contribution in [1.29, 1.82) is 0 Å². The topological polar surface area (TPSA) is 104 Å². The lowest BCUT2D eigenvalue weighted by molar-refractivity contribution is -0.146. The average molecular weight is 229 g/mol. The molecule has 0 radical (unpaired) electrons. The Morgan fingerprint density at radius 1 is 1.19 bits per heavy atom. The van der Waals surface area contributed by atoms with Gasteiger partial charge in [0.2, 0.25) is 5.91 Å². The molecule has 1 saturated carbocycles. The highest BCUT2D eigenvalue weighted by molar-refractivity contribution is 5.87. The Bertz CT molecular complexity index is 314. The maximum absolute atomic E-state index is 11.6. The molecule has 1 aliphatic rings. The first-order valence-corrected chi connectivity index (χ1v) is 5.14. The summed E-state index contributed by atoms with van der Waals surface area (Å²) in [6.45, 7) is 1.43. The van der Waals surface area contributed by atoms with Crippen molar-refractivity contribution in [3.05, 3.63) is 0 Å². The lowest BCUT2D eigenvalue weighted by atomic mass is 9.95. The molecule has 16 heavy (non-hydrogen) atoms. The predicted octanol–water partition coefficient (Wildman–Crippen LogP) is -0.0659. The van der Waals surface area contributed by atoms with Crippen molar-refractivity contribution >= 4 is 17.8 Å². The first-order valence-electron chi connectivity index (χ1n) is 5.14. The van der Waals surface area contributed by atoms with E-state index in [-0.39, 0.29) is 5.92 Å². The Kier molecular flexibility index (Phi) is 3.87. The van der Waals surface area contributed by atoms with E-state index in [9.17, 15) is 14.4 Å². The molecule has 6 nitrogen and oxygen atoms in total. The molecule has 0 aromatic carbocycles. The number of hydrogen-bond donors (Lipinski definition) is 3. The molecule has 1 rings (SSSR count). The molecule has 3 N–H and O–H groups in total. The Morgan fingerprint density at radius 3 is 2.25 bits per heavy atom. The maximum Gasteiger partial charge on any atom is 0.322 e. The molecule has 1 aliphatic carbocycles. The van der Waals surface area contributed by atoms with Crippen molar-refractivity contribution in [2.75, 3.05) is 6.54 Å². The van der Waals surface area contributed by atoms with Crippen LogP contribution in [-0.4, -0.2) is 34.6 Å². The quantitative estimate of drug-likeness (QED) is 0.626. The molecule has 1 fully saturated rings. The normalized spacial score (nSPS) is 28.7. The smallest absolute Gasteiger partial charge is 0.322 e. The van der Waals surface area contributed by atoms with E-state index in [1.54, 1.807) is 0 Å². The van der Waals surface area contributed by atoms with Crippen LogP contribution in [0.25, 0.3) is 0 Å². The fraction of sp³-hybridized carbons (Fsp3) is 0.700. The highest BCUT2D eigenvalue weighted by atomic mass is 16.4. The third kappa shape index (κ3) is 2.95. The highest BCUT2D eigenvalue weighted by Gasteiger charge is 2.41. The minimum absolute atomic E-state index is 0.182. The molecule has 1 unspecified atom stereocenters. The van der Waals surface area contributed by atoms with Gasteiger partial charge >= 0.3 is 11.9 Å². The number of carboxylic acids is 2. The number of hydrogen-bond acceptors (Lipinski definition) is 3. The molecular formula is C10H15NO5. The van der Waals surface area contributed by atoms with Crippen molar-refractivity contribution < 1.29 is 24.6 Å². The molecule has 0 bridgehead atoms. The molecule has 6 heteroatoms. The summed E-state index contributed by atoms with van der Waals surface area (Å²) < 4.78 is 0. The average Bonchev–Trinajstić information content (AvgIpc) is 2.56. The van der Waals surface area contributed by atoms with Gasteiger partial charge in [-0.2, -0.15) is 0 Å². The second-order valence-electron chi connectivity index (χ2n) is 4.24. The van der Waals surface area contributed by atoms with Crippen molar-refractivity contribution in [2.45, 2.75) is 19.8 Å². The second-order valence-corrected chi connectivity index (χ2v) is 4.24. The molecule has 0 aromatic rings. The summed E-state index contributed by atoms with van der Waals surface area (Å²) in [5.41, 5.74) is 0. The van der Waals surface area contributed by atoms with Crippen LogP contribution in [0.4, 0.5) is 0 Å². The zero-order valence-corrected chi connectivity index (χ0v) is 8.97. The number of carboxylic acid groups (broad SMARTS) is 2. The van der Waals surface area contributed by atoms with Crippen molar-refractivity contribution in [1.82, 2.24) is 5.32 Å². The van der Waals surface area contributed by atoms with Crippen LogP contribution >= 0.6 is 0 Å². The fourth-order valence-corrected chi connectivity index (χ4v) is 2.15. The highest BCUT2D eigenvalue weighted by Crippen LogP contribution is 2.36. The summed E-state index contributed by atoms with van der Waals surface area (Å²) in [6, 6.07) is 0. The van der Waals surface area contributed by atoms with E-state index in [2.05, 4.69) is 5.32 Å². The van der Waals surface area contributed by atoms with Crippen LogP contribution in [0.15, 0.2) is 0 Å². The predicted molar refractivity (Wildman–Crippen MR) is 53.7 cm³/mol. The SMILES string of the molecule is CC1C[C@H](C(=O)NCC(=O)O)[C@H](C(=O)O)C1. The fourth-order valence-electron chi connectivity index (χ4n) is 2.15. The van der Waals surface area contributed by atoms with Gasteiger partial charge in [-0.05, 0) is 18.8 Å². The molecule has 3 atom stereocenters. The number of amides is 1. The van der Waals surface area contributed by atoms with Gasteiger partial charge in [-0.25, -0.2) is 0 Å². The van der Waals surface area contributed by atoms with Crippen LogP contribution in [-0.2, 0) is 14.4 Å². The summed E-state index contributed by atoms with van der Waals surface area (Å²) in [6.07, 6.45) is 0.975. The van der Waals surface area contributed by atoms with Gasteiger partial charge in [0, 0.05) is 0 Å². The van der Waals surface area contributed by atoms with E-state index >= 15 is 0 Å². The third-order valence-electron chi connectivity index (χ3n) is 2.87. The number of carbonyl (C=O) groups excluding carboxylic acids is 1. The van der Waals surface area contributed by atoms with Crippen LogP contribution < -0.4 is 5.32 Å². The van der Waals surface area contributed by atoms with Gasteiger partial charge < -0.3 is 15.5 Å². The van der Waals surface area contributed by atoms with Crippen molar-refractivity contribution in [3.63, 3.8) is 0 Å². The first-order chi connectivity index (χ1) is 7.41. The Morgan fingerprint density at radius 2 is 1.75 bits per heavy atom. The Balaban J connectivity index is 2.59. The molecule has 0 aliphatic heterocycles. The van der Waals surface area contributed by atoms with Crippen LogP contribution in [0, 0.1) is 17.8 Å². The summed E-state index contributed by atoms with van der Waals surface area (Å²) in [4.78, 5) is 32.7. The number of aliphatic carboxylic acids is 2.